The van der Waals surface area contributed by atoms with E-state index in [1.165, 1.54) is 13.8 Å². The number of imide groups is 1. The van der Waals surface area contributed by atoms with Crippen molar-refractivity contribution in [2.75, 3.05) is 4.90 Å². The maximum Gasteiger partial charge on any atom is 0.407 e. The van der Waals surface area contributed by atoms with Crippen LogP contribution in [-0.4, -0.2) is 44.4 Å². The molecule has 11 heteroatoms. The topological polar surface area (TPSA) is 91.4 Å². The Balaban J connectivity index is 1.84. The third kappa shape index (κ3) is 2.19. The van der Waals surface area contributed by atoms with Gasteiger partial charge in [-0.3, -0.25) is 9.59 Å². The highest BCUT2D eigenvalue weighted by Crippen LogP contribution is 2.65. The third-order valence-electron chi connectivity index (χ3n) is 6.20. The number of fused-ring (bicyclic) bond motifs is 5. The van der Waals surface area contributed by atoms with Crippen molar-refractivity contribution in [2.24, 2.45) is 11.8 Å². The zero-order valence-corrected chi connectivity index (χ0v) is 15.7. The van der Waals surface area contributed by atoms with Gasteiger partial charge in [-0.15, -0.1) is 11.6 Å². The molecule has 0 spiro atoms. The van der Waals surface area contributed by atoms with Gasteiger partial charge in [-0.2, -0.15) is 13.2 Å². The fourth-order valence-electron chi connectivity index (χ4n) is 4.79. The van der Waals surface area contributed by atoms with Gasteiger partial charge in [0.1, 0.15) is 16.6 Å². The van der Waals surface area contributed by atoms with E-state index in [-0.39, 0.29) is 5.69 Å². The molecule has 0 radical (unpaired) electrons. The van der Waals surface area contributed by atoms with Gasteiger partial charge in [-0.1, -0.05) is 6.07 Å². The smallest absolute Gasteiger partial charge is 0.362 e. The monoisotopic (exact) mass is 430 g/mol. The number of hydrogen-bond donors (Lipinski definition) is 2. The van der Waals surface area contributed by atoms with Crippen molar-refractivity contribution in [3.05, 3.63) is 35.2 Å². The Bertz CT molecular complexity index is 1010. The van der Waals surface area contributed by atoms with Crippen LogP contribution in [0, 0.1) is 18.4 Å². The average molecular weight is 431 g/mol. The Morgan fingerprint density at radius 3 is 2.34 bits per heavy atom. The number of aliphatic hydroxyl groups is 2. The molecule has 7 nitrogen and oxygen atoms in total. The van der Waals surface area contributed by atoms with Gasteiger partial charge >= 0.3 is 6.18 Å². The molecule has 3 heterocycles. The van der Waals surface area contributed by atoms with Gasteiger partial charge in [-0.25, -0.2) is 9.74 Å². The summed E-state index contributed by atoms with van der Waals surface area (Å²) in [4.78, 5) is 29.5. The van der Waals surface area contributed by atoms with E-state index < -0.39 is 63.4 Å². The molecule has 3 fully saturated rings. The molecule has 5 atom stereocenters. The van der Waals surface area contributed by atoms with E-state index in [2.05, 4.69) is 4.85 Å². The summed E-state index contributed by atoms with van der Waals surface area (Å²) >= 11 is 6.14. The van der Waals surface area contributed by atoms with Crippen LogP contribution in [-0.2, 0) is 20.5 Å². The lowest BCUT2D eigenvalue weighted by molar-refractivity contribution is -0.244. The van der Waals surface area contributed by atoms with Gasteiger partial charge in [0, 0.05) is 5.69 Å². The van der Waals surface area contributed by atoms with Crippen molar-refractivity contribution in [2.45, 2.75) is 42.4 Å². The minimum atomic E-state index is -4.87. The minimum absolute atomic E-state index is 0.367. The summed E-state index contributed by atoms with van der Waals surface area (Å²) in [5.41, 5.74) is -5.87. The summed E-state index contributed by atoms with van der Waals surface area (Å²) in [7, 11) is 0. The van der Waals surface area contributed by atoms with Crippen LogP contribution < -0.4 is 4.90 Å². The van der Waals surface area contributed by atoms with Crippen LogP contribution in [0.4, 0.5) is 24.5 Å². The van der Waals surface area contributed by atoms with E-state index in [1.807, 2.05) is 0 Å². The molecule has 0 saturated carbocycles. The first kappa shape index (κ1) is 20.1. The molecule has 29 heavy (non-hydrogen) atoms. The van der Waals surface area contributed by atoms with Gasteiger partial charge in [0.05, 0.1) is 24.0 Å². The highest BCUT2D eigenvalue weighted by atomic mass is 35.5. The molecule has 2 unspecified atom stereocenters. The lowest BCUT2D eigenvalue weighted by Crippen LogP contribution is -2.64. The molecule has 154 valence electrons. The zero-order valence-electron chi connectivity index (χ0n) is 15.0. The van der Waals surface area contributed by atoms with Crippen LogP contribution >= 0.6 is 11.6 Å². The van der Waals surface area contributed by atoms with Crippen LogP contribution in [0.2, 0.25) is 0 Å². The zero-order chi connectivity index (χ0) is 21.7. The summed E-state index contributed by atoms with van der Waals surface area (Å²) < 4.78 is 45.6. The fourth-order valence-corrected chi connectivity index (χ4v) is 5.19. The molecule has 3 aliphatic heterocycles. The molecule has 1 aromatic carbocycles. The van der Waals surface area contributed by atoms with E-state index in [0.717, 1.165) is 12.1 Å². The van der Waals surface area contributed by atoms with E-state index in [1.54, 1.807) is 0 Å². The van der Waals surface area contributed by atoms with E-state index >= 15 is 0 Å². The van der Waals surface area contributed by atoms with Crippen molar-refractivity contribution >= 4 is 34.8 Å². The van der Waals surface area contributed by atoms with Crippen LogP contribution in [0.25, 0.3) is 4.85 Å². The molecular weight excluding hydrogens is 417 g/mol. The summed E-state index contributed by atoms with van der Waals surface area (Å²) in [6, 6.07) is 2.50. The molecule has 2 amide bonds. The first-order valence-corrected chi connectivity index (χ1v) is 8.91. The van der Waals surface area contributed by atoms with Gasteiger partial charge in [0.25, 0.3) is 0 Å². The van der Waals surface area contributed by atoms with Crippen molar-refractivity contribution in [1.82, 2.24) is 0 Å². The predicted molar refractivity (Wildman–Crippen MR) is 91.9 cm³/mol. The number of carbonyl (C=O) groups is 2. The Hall–Kier alpha value is -2.19. The maximum absolute atomic E-state index is 13.3. The Morgan fingerprint density at radius 2 is 1.79 bits per heavy atom. The van der Waals surface area contributed by atoms with E-state index in [9.17, 15) is 33.0 Å². The SMILES string of the molecule is [C-]#[N+]c1ccc(N2C(=O)[C@@H]3[C@H](C2=O)C2(C)OC3(C)[C@@H](Cl)C2(O)O)cc1C(F)(F)F. The van der Waals surface area contributed by atoms with Crippen molar-refractivity contribution < 1.29 is 37.7 Å². The third-order valence-corrected chi connectivity index (χ3v) is 6.94. The van der Waals surface area contributed by atoms with Crippen LogP contribution in [0.1, 0.15) is 19.4 Å². The van der Waals surface area contributed by atoms with Crippen LogP contribution in [0.5, 0.6) is 0 Å². The summed E-state index contributed by atoms with van der Waals surface area (Å²) in [5, 5.41) is 19.4. The lowest BCUT2D eigenvalue weighted by atomic mass is 9.65. The number of rotatable bonds is 1. The van der Waals surface area contributed by atoms with E-state index in [4.69, 9.17) is 22.9 Å². The summed E-state index contributed by atoms with van der Waals surface area (Å²) in [6.07, 6.45) is -4.87. The Kier molecular flexibility index (Phi) is 3.80. The molecule has 0 aliphatic carbocycles. The second-order valence-electron chi connectivity index (χ2n) is 7.76. The fraction of sp³-hybridized carbons (Fsp3) is 0.500. The standard InChI is InChI=1S/C18H14ClF3N2O5/c1-15-10-11(16(2,29-15)17(27,28)14(15)19)13(26)24(12(10)25)7-4-5-9(23-3)8(6-7)18(20,21)22/h4-6,10-11,14,27-28H,1-2H3/t10-,11+,14+,15?,16?/m0/s1. The van der Waals surface area contributed by atoms with E-state index in [0.29, 0.717) is 11.0 Å². The summed E-state index contributed by atoms with van der Waals surface area (Å²) in [6.45, 7) is 9.49. The number of anilines is 1. The van der Waals surface area contributed by atoms with Gasteiger partial charge in [-0.05, 0) is 26.0 Å². The molecule has 1 aromatic rings. The quantitative estimate of drug-likeness (QED) is 0.308. The van der Waals surface area contributed by atoms with Crippen LogP contribution in [0.15, 0.2) is 18.2 Å². The Labute approximate surface area is 167 Å². The van der Waals surface area contributed by atoms with Gasteiger partial charge < -0.3 is 14.9 Å². The maximum atomic E-state index is 13.3. The first-order valence-electron chi connectivity index (χ1n) is 8.47. The highest BCUT2D eigenvalue weighted by molar-refractivity contribution is 6.27. The van der Waals surface area contributed by atoms with Crippen molar-refractivity contribution in [3.8, 4) is 0 Å². The second-order valence-corrected chi connectivity index (χ2v) is 8.20. The molecule has 3 saturated heterocycles. The van der Waals surface area contributed by atoms with Gasteiger partial charge in [0.15, 0.2) is 5.69 Å². The lowest BCUT2D eigenvalue weighted by Gasteiger charge is -2.41. The number of carbonyl (C=O) groups excluding carboxylic acids is 2. The number of alkyl halides is 4. The molecule has 4 rings (SSSR count). The van der Waals surface area contributed by atoms with Crippen LogP contribution in [0.3, 0.4) is 0 Å². The summed E-state index contributed by atoms with van der Waals surface area (Å²) in [5.74, 6) is -6.96. The number of halogens is 4. The largest absolute Gasteiger partial charge is 0.407 e. The molecular formula is C18H14ClF3N2O5. The predicted octanol–water partition coefficient (Wildman–Crippen LogP) is 2.21. The van der Waals surface area contributed by atoms with Crippen molar-refractivity contribution in [3.63, 3.8) is 0 Å². The highest BCUT2D eigenvalue weighted by Gasteiger charge is 2.84. The average Bonchev–Trinajstić information content (AvgIpc) is 3.09. The number of amides is 2. The molecule has 3 aliphatic rings. The minimum Gasteiger partial charge on any atom is -0.362 e. The molecule has 0 aromatic heterocycles. The number of benzene rings is 1. The van der Waals surface area contributed by atoms with Gasteiger partial charge in [0.2, 0.25) is 17.6 Å². The normalized spacial score (nSPS) is 37.8. The number of hydrogen-bond acceptors (Lipinski definition) is 5. The van der Waals surface area contributed by atoms with Crippen molar-refractivity contribution in [1.29, 1.82) is 0 Å². The number of ether oxygens (including phenoxy) is 1. The number of nitrogens with zero attached hydrogens (tertiary/aromatic N) is 2. The molecule has 2 N–H and O–H groups in total. The first-order chi connectivity index (χ1) is 13.2. The Morgan fingerprint density at radius 1 is 1.21 bits per heavy atom. The molecule has 2 bridgehead atoms. The second kappa shape index (κ2) is 5.49.